The lowest BCUT2D eigenvalue weighted by Gasteiger charge is -2.15. The third-order valence-corrected chi connectivity index (χ3v) is 6.16. The Balaban J connectivity index is 3.60. The van der Waals surface area contributed by atoms with Gasteiger partial charge in [-0.2, -0.15) is 0 Å². The first-order chi connectivity index (χ1) is 17.3. The molecule has 0 heterocycles. The summed E-state index contributed by atoms with van der Waals surface area (Å²) in [6.45, 7) is 2.52. The molecule has 210 valence electrons. The van der Waals surface area contributed by atoms with Gasteiger partial charge in [-0.3, -0.25) is 18.6 Å². The third kappa shape index (κ3) is 25.6. The first-order valence-corrected chi connectivity index (χ1v) is 14.8. The molecular formula is C26H48NO8P. The zero-order valence-corrected chi connectivity index (χ0v) is 23.1. The molecule has 10 heteroatoms. The van der Waals surface area contributed by atoms with Crippen LogP contribution in [-0.2, 0) is 27.9 Å². The molecule has 0 aliphatic heterocycles. The lowest BCUT2D eigenvalue weighted by molar-refractivity contribution is -0.147. The van der Waals surface area contributed by atoms with E-state index in [2.05, 4.69) is 45.6 Å². The number of hydrogen-bond donors (Lipinski definition) is 3. The number of allylic oxidation sites excluding steroid dienone is 4. The number of phosphoric acid groups is 1. The molecule has 36 heavy (non-hydrogen) atoms. The predicted octanol–water partition coefficient (Wildman–Crippen LogP) is 5.36. The summed E-state index contributed by atoms with van der Waals surface area (Å²) in [5.74, 6) is -0.714. The highest BCUT2D eigenvalue weighted by Gasteiger charge is 2.23. The van der Waals surface area contributed by atoms with Gasteiger partial charge < -0.3 is 20.1 Å². The average Bonchev–Trinajstić information content (AvgIpc) is 2.84. The van der Waals surface area contributed by atoms with Gasteiger partial charge in [0.15, 0.2) is 0 Å². The Morgan fingerprint density at radius 3 is 2.14 bits per heavy atom. The molecule has 9 nitrogen and oxygen atoms in total. The molecule has 1 amide bonds. The first-order valence-electron chi connectivity index (χ1n) is 13.3. The van der Waals surface area contributed by atoms with Crippen LogP contribution in [0.15, 0.2) is 24.3 Å². The normalized spacial score (nSPS) is 14.2. The summed E-state index contributed by atoms with van der Waals surface area (Å²) in [6, 6.07) is 0. The minimum absolute atomic E-state index is 0.0532. The molecule has 0 aliphatic rings. The molecule has 2 unspecified atom stereocenters. The Hall–Kier alpha value is -1.51. The van der Waals surface area contributed by atoms with Crippen molar-refractivity contribution >= 4 is 19.7 Å². The van der Waals surface area contributed by atoms with Crippen LogP contribution in [-0.4, -0.2) is 54.3 Å². The van der Waals surface area contributed by atoms with Gasteiger partial charge in [-0.05, 0) is 38.5 Å². The number of hydrogen-bond acceptors (Lipinski definition) is 7. The zero-order chi connectivity index (χ0) is 26.9. The number of carbonyl (C=O) groups is 2. The lowest BCUT2D eigenvalue weighted by atomic mass is 10.1. The molecule has 0 saturated heterocycles. The van der Waals surface area contributed by atoms with Gasteiger partial charge in [-0.1, -0.05) is 69.8 Å². The number of ether oxygens (including phenoxy) is 1. The lowest BCUT2D eigenvalue weighted by Crippen LogP contribution is -2.25. The molecule has 0 radical (unpaired) electrons. The Morgan fingerprint density at radius 1 is 0.889 bits per heavy atom. The summed E-state index contributed by atoms with van der Waals surface area (Å²) >= 11 is 0. The summed E-state index contributed by atoms with van der Waals surface area (Å²) in [6.07, 6.45) is 21.5. The maximum atomic E-state index is 11.8. The first kappa shape index (κ1) is 34.5. The summed E-state index contributed by atoms with van der Waals surface area (Å²) < 4.78 is 25.9. The molecule has 2 atom stereocenters. The van der Waals surface area contributed by atoms with Crippen LogP contribution < -0.4 is 5.32 Å². The number of aliphatic hydroxyl groups excluding tert-OH is 1. The molecule has 0 aromatic rings. The maximum Gasteiger partial charge on any atom is 0.472 e. The summed E-state index contributed by atoms with van der Waals surface area (Å²) in [4.78, 5) is 32.0. The largest absolute Gasteiger partial charge is 0.472 e. The third-order valence-electron chi connectivity index (χ3n) is 5.18. The molecule has 0 spiro atoms. The number of unbranched alkanes of at least 4 members (excludes halogenated alkanes) is 9. The van der Waals surface area contributed by atoms with Crippen molar-refractivity contribution in [3.8, 4) is 0 Å². The van der Waals surface area contributed by atoms with Gasteiger partial charge in [0.2, 0.25) is 5.91 Å². The number of amides is 1. The molecule has 3 N–H and O–H groups in total. The van der Waals surface area contributed by atoms with E-state index in [9.17, 15) is 24.2 Å². The van der Waals surface area contributed by atoms with E-state index in [1.807, 2.05) is 0 Å². The molecule has 0 rings (SSSR count). The van der Waals surface area contributed by atoms with Crippen LogP contribution in [0.4, 0.5) is 0 Å². The standard InChI is InChI=1S/C26H48NO8P/c1-3-4-5-6-7-8-9-10-11-12-13-14-15-16-17-18-19-26(30)33-22-25(29)23-35-36(31,32)34-21-20-27-24(2)28/h8-9,11-12,25,29H,3-7,10,13-23H2,1-2H3,(H,27,28)(H,31,32)/b9-8-,12-11-. The number of aliphatic hydroxyl groups is 1. The minimum atomic E-state index is -4.36. The Morgan fingerprint density at radius 2 is 1.50 bits per heavy atom. The average molecular weight is 534 g/mol. The summed E-state index contributed by atoms with van der Waals surface area (Å²) in [7, 11) is -4.36. The maximum absolute atomic E-state index is 11.8. The smallest absolute Gasteiger partial charge is 0.463 e. The Bertz CT molecular complexity index is 668. The second-order valence-electron chi connectivity index (χ2n) is 8.75. The number of rotatable bonds is 24. The van der Waals surface area contributed by atoms with E-state index in [0.717, 1.165) is 44.9 Å². The highest BCUT2D eigenvalue weighted by Crippen LogP contribution is 2.42. The number of phosphoric ester groups is 1. The van der Waals surface area contributed by atoms with Gasteiger partial charge in [0, 0.05) is 19.9 Å². The quantitative estimate of drug-likeness (QED) is 0.0654. The van der Waals surface area contributed by atoms with Gasteiger partial charge in [0.05, 0.1) is 13.2 Å². The molecule has 0 aromatic heterocycles. The van der Waals surface area contributed by atoms with Gasteiger partial charge in [-0.15, -0.1) is 0 Å². The van der Waals surface area contributed by atoms with Crippen molar-refractivity contribution in [2.24, 2.45) is 0 Å². The molecular weight excluding hydrogens is 485 g/mol. The molecule has 0 fully saturated rings. The van der Waals surface area contributed by atoms with Crippen LogP contribution in [0.3, 0.4) is 0 Å². The van der Waals surface area contributed by atoms with Crippen LogP contribution in [0.5, 0.6) is 0 Å². The summed E-state index contributed by atoms with van der Waals surface area (Å²) in [5, 5.41) is 12.2. The van der Waals surface area contributed by atoms with Gasteiger partial charge in [-0.25, -0.2) is 4.57 Å². The Kier molecular flexibility index (Phi) is 22.9. The van der Waals surface area contributed by atoms with Gasteiger partial charge in [0.25, 0.3) is 0 Å². The highest BCUT2D eigenvalue weighted by molar-refractivity contribution is 7.47. The van der Waals surface area contributed by atoms with E-state index >= 15 is 0 Å². The fourth-order valence-corrected chi connectivity index (χ4v) is 3.93. The van der Waals surface area contributed by atoms with Crippen LogP contribution in [0.25, 0.3) is 0 Å². The predicted molar refractivity (Wildman–Crippen MR) is 141 cm³/mol. The number of esters is 1. The van der Waals surface area contributed by atoms with E-state index in [-0.39, 0.29) is 32.1 Å². The fourth-order valence-electron chi connectivity index (χ4n) is 3.17. The highest BCUT2D eigenvalue weighted by atomic mass is 31.2. The van der Waals surface area contributed by atoms with Crippen LogP contribution in [0.1, 0.15) is 97.3 Å². The van der Waals surface area contributed by atoms with Crippen molar-refractivity contribution in [3.63, 3.8) is 0 Å². The minimum Gasteiger partial charge on any atom is -0.463 e. The van der Waals surface area contributed by atoms with Crippen LogP contribution in [0.2, 0.25) is 0 Å². The second kappa shape index (κ2) is 23.9. The molecule has 0 aliphatic carbocycles. The SMILES string of the molecule is CCCCCC/C=C\C/C=C\CCCCCCCC(=O)OCC(O)COP(=O)(O)OCCNC(C)=O. The molecule has 0 bridgehead atoms. The van der Waals surface area contributed by atoms with Crippen molar-refractivity contribution in [2.45, 2.75) is 103 Å². The van der Waals surface area contributed by atoms with Gasteiger partial charge >= 0.3 is 13.8 Å². The van der Waals surface area contributed by atoms with Crippen molar-refractivity contribution in [2.75, 3.05) is 26.4 Å². The fraction of sp³-hybridized carbons (Fsp3) is 0.769. The number of nitrogens with one attached hydrogen (secondary N) is 1. The van der Waals surface area contributed by atoms with E-state index in [0.29, 0.717) is 0 Å². The topological polar surface area (TPSA) is 131 Å². The van der Waals surface area contributed by atoms with E-state index < -0.39 is 26.5 Å². The van der Waals surface area contributed by atoms with Crippen molar-refractivity contribution in [3.05, 3.63) is 24.3 Å². The van der Waals surface area contributed by atoms with Crippen molar-refractivity contribution < 1.29 is 37.9 Å². The molecule has 0 aromatic carbocycles. The monoisotopic (exact) mass is 533 g/mol. The van der Waals surface area contributed by atoms with Crippen molar-refractivity contribution in [1.29, 1.82) is 0 Å². The Labute approximate surface area is 217 Å². The number of carbonyl (C=O) groups excluding carboxylic acids is 2. The second-order valence-corrected chi connectivity index (χ2v) is 10.2. The van der Waals surface area contributed by atoms with Crippen LogP contribution >= 0.6 is 7.82 Å². The van der Waals surface area contributed by atoms with Crippen molar-refractivity contribution in [1.82, 2.24) is 5.32 Å². The summed E-state index contributed by atoms with van der Waals surface area (Å²) in [5.41, 5.74) is 0. The van der Waals surface area contributed by atoms with E-state index in [4.69, 9.17) is 4.74 Å². The van der Waals surface area contributed by atoms with Crippen LogP contribution in [0, 0.1) is 0 Å². The zero-order valence-electron chi connectivity index (χ0n) is 22.2. The van der Waals surface area contributed by atoms with E-state index in [1.165, 1.54) is 39.0 Å². The van der Waals surface area contributed by atoms with Gasteiger partial charge in [0.1, 0.15) is 12.7 Å². The van der Waals surface area contributed by atoms with E-state index in [1.54, 1.807) is 0 Å². The molecule has 0 saturated carbocycles.